The zero-order valence-corrected chi connectivity index (χ0v) is 12.0. The molecule has 0 amide bonds. The predicted molar refractivity (Wildman–Crippen MR) is 83.7 cm³/mol. The summed E-state index contributed by atoms with van der Waals surface area (Å²) in [6.45, 7) is 3.26. The van der Waals surface area contributed by atoms with Gasteiger partial charge < -0.3 is 15.7 Å². The molecule has 0 spiro atoms. The van der Waals surface area contributed by atoms with Crippen LogP contribution in [0.3, 0.4) is 0 Å². The molecule has 2 atom stereocenters. The largest absolute Gasteiger partial charge is 0.391 e. The Hall–Kier alpha value is -1.75. The predicted octanol–water partition coefficient (Wildman–Crippen LogP) is 1.42. The third-order valence-corrected chi connectivity index (χ3v) is 3.96. The highest BCUT2D eigenvalue weighted by Crippen LogP contribution is 2.19. The van der Waals surface area contributed by atoms with Gasteiger partial charge >= 0.3 is 0 Å². The second kappa shape index (κ2) is 6.80. The van der Waals surface area contributed by atoms with Crippen molar-refractivity contribution in [1.82, 2.24) is 15.6 Å². The molecule has 1 saturated heterocycles. The van der Waals surface area contributed by atoms with E-state index in [9.17, 15) is 5.11 Å². The Balaban J connectivity index is 1.59. The number of hydrogen-bond donors (Lipinski definition) is 3. The maximum absolute atomic E-state index is 9.77. The molecule has 3 N–H and O–H groups in total. The molecule has 0 aliphatic carbocycles. The van der Waals surface area contributed by atoms with Gasteiger partial charge in [-0.3, -0.25) is 4.98 Å². The molecule has 1 aromatic carbocycles. The van der Waals surface area contributed by atoms with Gasteiger partial charge in [0.15, 0.2) is 0 Å². The van der Waals surface area contributed by atoms with Gasteiger partial charge in [0.05, 0.1) is 6.10 Å². The number of aromatic nitrogens is 1. The topological polar surface area (TPSA) is 57.2 Å². The van der Waals surface area contributed by atoms with Gasteiger partial charge in [-0.25, -0.2) is 0 Å². The number of hydrogen-bond acceptors (Lipinski definition) is 4. The fourth-order valence-electron chi connectivity index (χ4n) is 2.72. The molecular weight excluding hydrogens is 262 g/mol. The summed E-state index contributed by atoms with van der Waals surface area (Å²) in [6.07, 6.45) is 3.45. The molecular formula is C17H21N3O. The molecule has 0 unspecified atom stereocenters. The van der Waals surface area contributed by atoms with E-state index in [2.05, 4.69) is 45.9 Å². The first kappa shape index (κ1) is 14.2. The zero-order chi connectivity index (χ0) is 14.5. The van der Waals surface area contributed by atoms with Crippen LogP contribution in [0, 0.1) is 5.92 Å². The summed E-state index contributed by atoms with van der Waals surface area (Å²) >= 11 is 0. The van der Waals surface area contributed by atoms with Gasteiger partial charge in [-0.1, -0.05) is 24.3 Å². The number of aliphatic hydroxyl groups excluding tert-OH is 1. The maximum Gasteiger partial charge on any atom is 0.0716 e. The van der Waals surface area contributed by atoms with Crippen LogP contribution in [0.15, 0.2) is 48.8 Å². The van der Waals surface area contributed by atoms with Crippen LogP contribution in [0.5, 0.6) is 0 Å². The number of nitrogens with zero attached hydrogens (tertiary/aromatic N) is 1. The molecule has 21 heavy (non-hydrogen) atoms. The lowest BCUT2D eigenvalue weighted by Crippen LogP contribution is -2.30. The molecule has 4 nitrogen and oxygen atoms in total. The standard InChI is InChI=1S/C17H21N3O/c21-17-12-20-11-16(17)10-19-8-13-3-1-4-14(7-13)15-5-2-6-18-9-15/h1-7,9,16-17,19-21H,8,10-12H2/t16-,17+/m0/s1. The highest BCUT2D eigenvalue weighted by atomic mass is 16.3. The molecule has 1 aromatic heterocycles. The van der Waals surface area contributed by atoms with Crippen LogP contribution in [-0.2, 0) is 6.54 Å². The number of nitrogens with one attached hydrogen (secondary N) is 2. The lowest BCUT2D eigenvalue weighted by Gasteiger charge is -2.14. The Morgan fingerprint density at radius 1 is 1.19 bits per heavy atom. The van der Waals surface area contributed by atoms with E-state index in [0.717, 1.165) is 25.2 Å². The highest BCUT2D eigenvalue weighted by Gasteiger charge is 2.23. The average molecular weight is 283 g/mol. The highest BCUT2D eigenvalue weighted by molar-refractivity contribution is 5.62. The number of β-amino-alcohol motifs (C(OH)–C–C–N with tert-alkyl or cyclic N) is 1. The fraction of sp³-hybridized carbons (Fsp3) is 0.353. The number of pyridine rings is 1. The van der Waals surface area contributed by atoms with Crippen molar-refractivity contribution in [2.45, 2.75) is 12.6 Å². The van der Waals surface area contributed by atoms with E-state index in [1.54, 1.807) is 6.20 Å². The lowest BCUT2D eigenvalue weighted by molar-refractivity contribution is 0.146. The molecule has 1 aliphatic rings. The first-order valence-electron chi connectivity index (χ1n) is 7.42. The fourth-order valence-corrected chi connectivity index (χ4v) is 2.72. The zero-order valence-electron chi connectivity index (χ0n) is 12.0. The van der Waals surface area contributed by atoms with E-state index in [4.69, 9.17) is 0 Å². The minimum absolute atomic E-state index is 0.223. The Labute approximate surface area is 125 Å². The monoisotopic (exact) mass is 283 g/mol. The van der Waals surface area contributed by atoms with E-state index in [1.807, 2.05) is 12.3 Å². The first-order chi connectivity index (χ1) is 10.3. The third kappa shape index (κ3) is 3.67. The molecule has 3 rings (SSSR count). The minimum Gasteiger partial charge on any atom is -0.391 e. The summed E-state index contributed by atoms with van der Waals surface area (Å²) in [4.78, 5) is 4.16. The summed E-state index contributed by atoms with van der Waals surface area (Å²) in [6, 6.07) is 12.5. The summed E-state index contributed by atoms with van der Waals surface area (Å²) in [5, 5.41) is 16.4. The van der Waals surface area contributed by atoms with Gasteiger partial charge in [0, 0.05) is 44.5 Å². The van der Waals surface area contributed by atoms with Crippen molar-refractivity contribution in [2.75, 3.05) is 19.6 Å². The molecule has 1 aliphatic heterocycles. The van der Waals surface area contributed by atoms with Crippen LogP contribution in [0.1, 0.15) is 5.56 Å². The van der Waals surface area contributed by atoms with Crippen molar-refractivity contribution in [3.63, 3.8) is 0 Å². The number of rotatable bonds is 5. The lowest BCUT2D eigenvalue weighted by atomic mass is 10.0. The van der Waals surface area contributed by atoms with Gasteiger partial charge in [0.1, 0.15) is 0 Å². The summed E-state index contributed by atoms with van der Waals surface area (Å²) in [7, 11) is 0. The van der Waals surface area contributed by atoms with Crippen molar-refractivity contribution in [1.29, 1.82) is 0 Å². The van der Waals surface area contributed by atoms with Gasteiger partial charge in [0.2, 0.25) is 0 Å². The minimum atomic E-state index is -0.223. The van der Waals surface area contributed by atoms with Crippen LogP contribution >= 0.6 is 0 Å². The molecule has 4 heteroatoms. The van der Waals surface area contributed by atoms with Gasteiger partial charge in [-0.05, 0) is 28.8 Å². The van der Waals surface area contributed by atoms with E-state index < -0.39 is 0 Å². The molecule has 2 heterocycles. The van der Waals surface area contributed by atoms with E-state index >= 15 is 0 Å². The van der Waals surface area contributed by atoms with Crippen LogP contribution in [0.2, 0.25) is 0 Å². The normalized spacial score (nSPS) is 21.6. The van der Waals surface area contributed by atoms with Crippen molar-refractivity contribution < 1.29 is 5.11 Å². The molecule has 0 bridgehead atoms. The van der Waals surface area contributed by atoms with Crippen molar-refractivity contribution in [3.05, 3.63) is 54.4 Å². The number of aliphatic hydroxyl groups is 1. The molecule has 2 aromatic rings. The summed E-state index contributed by atoms with van der Waals surface area (Å²) in [5.74, 6) is 0.312. The van der Waals surface area contributed by atoms with Gasteiger partial charge in [-0.15, -0.1) is 0 Å². The number of benzene rings is 1. The van der Waals surface area contributed by atoms with Crippen molar-refractivity contribution in [3.8, 4) is 11.1 Å². The summed E-state index contributed by atoms with van der Waals surface area (Å²) in [5.41, 5.74) is 3.57. The second-order valence-corrected chi connectivity index (χ2v) is 5.56. The average Bonchev–Trinajstić information content (AvgIpc) is 2.94. The van der Waals surface area contributed by atoms with E-state index in [-0.39, 0.29) is 6.10 Å². The van der Waals surface area contributed by atoms with Gasteiger partial charge in [0.25, 0.3) is 0 Å². The molecule has 110 valence electrons. The Bertz CT molecular complexity index is 573. The Morgan fingerprint density at radius 2 is 2.10 bits per heavy atom. The van der Waals surface area contributed by atoms with Crippen LogP contribution in [0.25, 0.3) is 11.1 Å². The summed E-state index contributed by atoms with van der Waals surface area (Å²) < 4.78 is 0. The first-order valence-corrected chi connectivity index (χ1v) is 7.42. The molecule has 1 fully saturated rings. The van der Waals surface area contributed by atoms with Crippen LogP contribution < -0.4 is 10.6 Å². The van der Waals surface area contributed by atoms with Crippen LogP contribution in [0.4, 0.5) is 0 Å². The van der Waals surface area contributed by atoms with Crippen molar-refractivity contribution >= 4 is 0 Å². The smallest absolute Gasteiger partial charge is 0.0716 e. The Kier molecular flexibility index (Phi) is 4.60. The maximum atomic E-state index is 9.77. The third-order valence-electron chi connectivity index (χ3n) is 3.96. The quantitative estimate of drug-likeness (QED) is 0.777. The second-order valence-electron chi connectivity index (χ2n) is 5.56. The van der Waals surface area contributed by atoms with E-state index in [0.29, 0.717) is 12.5 Å². The van der Waals surface area contributed by atoms with Crippen molar-refractivity contribution in [2.24, 2.45) is 5.92 Å². The van der Waals surface area contributed by atoms with Gasteiger partial charge in [-0.2, -0.15) is 0 Å². The van der Waals surface area contributed by atoms with Crippen LogP contribution in [-0.4, -0.2) is 35.8 Å². The molecule has 0 radical (unpaired) electrons. The Morgan fingerprint density at radius 3 is 2.86 bits per heavy atom. The molecule has 0 saturated carbocycles. The SMILES string of the molecule is O[C@@H]1CNC[C@@H]1CNCc1cccc(-c2cccnc2)c1. The van der Waals surface area contributed by atoms with E-state index in [1.165, 1.54) is 11.1 Å².